The van der Waals surface area contributed by atoms with Gasteiger partial charge in [-0.25, -0.2) is 0 Å². The Morgan fingerprint density at radius 3 is 2.95 bits per heavy atom. The number of aliphatic hydroxyl groups excluding tert-OH is 2. The van der Waals surface area contributed by atoms with E-state index in [1.165, 1.54) is 0 Å². The number of carbonyl (C=O) groups excluding carboxylic acids is 1. The Balaban J connectivity index is 2.30. The van der Waals surface area contributed by atoms with Crippen LogP contribution in [0, 0.1) is 0 Å². The van der Waals surface area contributed by atoms with Crippen molar-refractivity contribution >= 4 is 33.4 Å². The third-order valence-electron chi connectivity index (χ3n) is 2.25. The molecule has 0 heterocycles. The van der Waals surface area contributed by atoms with Crippen molar-refractivity contribution in [2.24, 2.45) is 0 Å². The highest BCUT2D eigenvalue weighted by atomic mass is 79.9. The number of benzene rings is 1. The van der Waals surface area contributed by atoms with Crippen LogP contribution in [0.25, 0.3) is 0 Å². The fourth-order valence-corrected chi connectivity index (χ4v) is 1.76. The molecule has 0 aliphatic rings. The van der Waals surface area contributed by atoms with Crippen molar-refractivity contribution in [3.8, 4) is 5.75 Å². The van der Waals surface area contributed by atoms with Crippen LogP contribution in [0.1, 0.15) is 6.42 Å². The van der Waals surface area contributed by atoms with Gasteiger partial charge in [0.2, 0.25) is 5.91 Å². The summed E-state index contributed by atoms with van der Waals surface area (Å²) in [5.74, 6) is 0.234. The fourth-order valence-electron chi connectivity index (χ4n) is 1.23. The number of carbonyl (C=O) groups is 1. The number of hydrogen-bond acceptors (Lipinski definition) is 4. The van der Waals surface area contributed by atoms with Gasteiger partial charge >= 0.3 is 0 Å². The van der Waals surface area contributed by atoms with E-state index in [2.05, 4.69) is 21.2 Å². The largest absolute Gasteiger partial charge is 0.491 e. The molecule has 1 amide bonds. The average molecular weight is 353 g/mol. The Hall–Kier alpha value is -0.820. The molecule has 0 fully saturated rings. The summed E-state index contributed by atoms with van der Waals surface area (Å²) in [5, 5.41) is 20.6. The van der Waals surface area contributed by atoms with Crippen LogP contribution in [-0.2, 0) is 4.79 Å². The lowest BCUT2D eigenvalue weighted by Crippen LogP contribution is -2.34. The Morgan fingerprint density at radius 2 is 2.26 bits per heavy atom. The van der Waals surface area contributed by atoms with Gasteiger partial charge in [0.25, 0.3) is 0 Å². The zero-order chi connectivity index (χ0) is 14.3. The number of amides is 1. The third kappa shape index (κ3) is 5.78. The molecule has 0 saturated carbocycles. The summed E-state index contributed by atoms with van der Waals surface area (Å²) < 4.78 is 6.11. The van der Waals surface area contributed by atoms with E-state index >= 15 is 0 Å². The lowest BCUT2D eigenvalue weighted by Gasteiger charge is -2.10. The zero-order valence-corrected chi connectivity index (χ0v) is 12.4. The van der Waals surface area contributed by atoms with E-state index in [0.717, 1.165) is 4.47 Å². The van der Waals surface area contributed by atoms with Crippen LogP contribution in [0.2, 0.25) is 5.02 Å². The minimum atomic E-state index is -0.940. The first-order chi connectivity index (χ1) is 9.04. The second-order valence-electron chi connectivity index (χ2n) is 3.79. The second kappa shape index (κ2) is 8.37. The molecule has 7 heteroatoms. The standard InChI is InChI=1S/C12H15BrClNO4/c13-9-2-1-3-10(12(9)14)19-5-4-11(18)15-6-8(17)7-16/h1-3,8,16-17H,4-7H2,(H,15,18)/t8-/m0/s1. The molecule has 1 atom stereocenters. The molecule has 0 radical (unpaired) electrons. The lowest BCUT2D eigenvalue weighted by atomic mass is 10.3. The van der Waals surface area contributed by atoms with E-state index in [-0.39, 0.29) is 32.1 Å². The van der Waals surface area contributed by atoms with Crippen LogP contribution >= 0.6 is 27.5 Å². The first-order valence-electron chi connectivity index (χ1n) is 5.67. The van der Waals surface area contributed by atoms with Crippen molar-refractivity contribution in [2.75, 3.05) is 19.8 Å². The summed E-state index contributed by atoms with van der Waals surface area (Å²) in [6, 6.07) is 5.28. The normalized spacial score (nSPS) is 12.0. The molecule has 0 bridgehead atoms. The summed E-state index contributed by atoms with van der Waals surface area (Å²) in [6.07, 6.45) is -0.801. The number of halogens is 2. The van der Waals surface area contributed by atoms with Crippen LogP contribution in [0.4, 0.5) is 0 Å². The molecule has 106 valence electrons. The maximum atomic E-state index is 11.4. The van der Waals surface area contributed by atoms with E-state index in [9.17, 15) is 4.79 Å². The molecule has 5 nitrogen and oxygen atoms in total. The molecule has 1 aromatic rings. The third-order valence-corrected chi connectivity index (χ3v) is 3.53. The molecule has 19 heavy (non-hydrogen) atoms. The van der Waals surface area contributed by atoms with Crippen LogP contribution < -0.4 is 10.1 Å². The Morgan fingerprint density at radius 1 is 1.53 bits per heavy atom. The predicted molar refractivity (Wildman–Crippen MR) is 75.4 cm³/mol. The molecule has 0 spiro atoms. The van der Waals surface area contributed by atoms with Crippen LogP contribution in [0.5, 0.6) is 5.75 Å². The molecule has 1 aromatic carbocycles. The molecular formula is C12H15BrClNO4. The topological polar surface area (TPSA) is 78.8 Å². The second-order valence-corrected chi connectivity index (χ2v) is 5.02. The van der Waals surface area contributed by atoms with Crippen LogP contribution in [-0.4, -0.2) is 42.0 Å². The van der Waals surface area contributed by atoms with Crippen molar-refractivity contribution in [1.29, 1.82) is 0 Å². The Labute approximate surface area is 124 Å². The number of hydrogen-bond donors (Lipinski definition) is 3. The van der Waals surface area contributed by atoms with Crippen molar-refractivity contribution in [1.82, 2.24) is 5.32 Å². The van der Waals surface area contributed by atoms with Crippen molar-refractivity contribution < 1.29 is 19.7 Å². The van der Waals surface area contributed by atoms with E-state index < -0.39 is 6.10 Å². The van der Waals surface area contributed by atoms with Gasteiger partial charge in [-0.3, -0.25) is 4.79 Å². The molecule has 0 saturated heterocycles. The number of ether oxygens (including phenoxy) is 1. The highest BCUT2D eigenvalue weighted by Gasteiger charge is 2.08. The fraction of sp³-hybridized carbons (Fsp3) is 0.417. The quantitative estimate of drug-likeness (QED) is 0.692. The maximum Gasteiger partial charge on any atom is 0.223 e. The first kappa shape index (κ1) is 16.2. The van der Waals surface area contributed by atoms with Crippen molar-refractivity contribution in [3.05, 3.63) is 27.7 Å². The summed E-state index contributed by atoms with van der Waals surface area (Å²) >= 11 is 9.27. The summed E-state index contributed by atoms with van der Waals surface area (Å²) in [7, 11) is 0. The Kier molecular flexibility index (Phi) is 7.15. The van der Waals surface area contributed by atoms with E-state index in [0.29, 0.717) is 10.8 Å². The highest BCUT2D eigenvalue weighted by Crippen LogP contribution is 2.31. The minimum absolute atomic E-state index is 0.0208. The Bertz CT molecular complexity index is 430. The van der Waals surface area contributed by atoms with Crippen LogP contribution in [0.3, 0.4) is 0 Å². The molecule has 0 aromatic heterocycles. The highest BCUT2D eigenvalue weighted by molar-refractivity contribution is 9.10. The monoisotopic (exact) mass is 351 g/mol. The maximum absolute atomic E-state index is 11.4. The van der Waals surface area contributed by atoms with Gasteiger partial charge in [0.05, 0.1) is 30.8 Å². The summed E-state index contributed by atoms with van der Waals surface area (Å²) in [4.78, 5) is 11.4. The van der Waals surface area contributed by atoms with Gasteiger partial charge in [0.1, 0.15) is 5.75 Å². The zero-order valence-electron chi connectivity index (χ0n) is 10.1. The summed E-state index contributed by atoms with van der Waals surface area (Å²) in [6.45, 7) is -0.186. The lowest BCUT2D eigenvalue weighted by molar-refractivity contribution is -0.122. The first-order valence-corrected chi connectivity index (χ1v) is 6.84. The molecular weight excluding hydrogens is 337 g/mol. The SMILES string of the molecule is O=C(CCOc1cccc(Br)c1Cl)NC[C@H](O)CO. The van der Waals surface area contributed by atoms with Gasteiger partial charge < -0.3 is 20.3 Å². The van der Waals surface area contributed by atoms with E-state index in [1.54, 1.807) is 18.2 Å². The van der Waals surface area contributed by atoms with E-state index in [1.807, 2.05) is 0 Å². The van der Waals surface area contributed by atoms with E-state index in [4.69, 9.17) is 26.6 Å². The average Bonchev–Trinajstić information content (AvgIpc) is 2.40. The van der Waals surface area contributed by atoms with Gasteiger partial charge in [-0.1, -0.05) is 17.7 Å². The smallest absolute Gasteiger partial charge is 0.223 e. The van der Waals surface area contributed by atoms with Crippen molar-refractivity contribution in [3.63, 3.8) is 0 Å². The van der Waals surface area contributed by atoms with Gasteiger partial charge in [0, 0.05) is 11.0 Å². The number of aliphatic hydroxyl groups is 2. The van der Waals surface area contributed by atoms with Crippen molar-refractivity contribution in [2.45, 2.75) is 12.5 Å². The number of nitrogens with one attached hydrogen (secondary N) is 1. The molecule has 3 N–H and O–H groups in total. The van der Waals surface area contributed by atoms with Crippen LogP contribution in [0.15, 0.2) is 22.7 Å². The predicted octanol–water partition coefficient (Wildman–Crippen LogP) is 1.34. The summed E-state index contributed by atoms with van der Waals surface area (Å²) in [5.41, 5.74) is 0. The number of rotatable bonds is 7. The van der Waals surface area contributed by atoms with Gasteiger partial charge in [0.15, 0.2) is 0 Å². The molecule has 1 rings (SSSR count). The molecule has 0 aliphatic heterocycles. The van der Waals surface area contributed by atoms with Gasteiger partial charge in [-0.2, -0.15) is 0 Å². The van der Waals surface area contributed by atoms with Gasteiger partial charge in [-0.05, 0) is 28.1 Å². The minimum Gasteiger partial charge on any atom is -0.491 e. The molecule has 0 unspecified atom stereocenters. The molecule has 0 aliphatic carbocycles. The van der Waals surface area contributed by atoms with Gasteiger partial charge in [-0.15, -0.1) is 0 Å².